The predicted octanol–water partition coefficient (Wildman–Crippen LogP) is 3.82. The molecule has 0 amide bonds. The van der Waals surface area contributed by atoms with E-state index >= 15 is 0 Å². The first-order valence-corrected chi connectivity index (χ1v) is 9.45. The molecule has 0 aromatic heterocycles. The highest BCUT2D eigenvalue weighted by molar-refractivity contribution is 8.16. The van der Waals surface area contributed by atoms with E-state index in [1.165, 1.54) is 17.3 Å². The molecule has 1 aromatic rings. The number of thioether (sulfide) groups is 1. The molecule has 0 aliphatic carbocycles. The van der Waals surface area contributed by atoms with Crippen LogP contribution < -0.4 is 0 Å². The van der Waals surface area contributed by atoms with Gasteiger partial charge in [0.25, 0.3) is 0 Å². The van der Waals surface area contributed by atoms with Crippen LogP contribution in [0, 0.1) is 0 Å². The van der Waals surface area contributed by atoms with Gasteiger partial charge in [0.2, 0.25) is 0 Å². The maximum atomic E-state index is 12.3. The summed E-state index contributed by atoms with van der Waals surface area (Å²) in [6.45, 7) is 4.18. The largest absolute Gasteiger partial charge is 0.466 e. The summed E-state index contributed by atoms with van der Waals surface area (Å²) in [5.74, 6) is -0.137. The summed E-state index contributed by atoms with van der Waals surface area (Å²) in [7, 11) is 0. The molecule has 2 unspecified atom stereocenters. The zero-order valence-electron chi connectivity index (χ0n) is 14.4. The van der Waals surface area contributed by atoms with Crippen LogP contribution in [0.1, 0.15) is 45.1 Å². The zero-order chi connectivity index (χ0) is 17.4. The van der Waals surface area contributed by atoms with E-state index in [9.17, 15) is 9.59 Å². The second-order valence-corrected chi connectivity index (χ2v) is 7.32. The smallest absolute Gasteiger partial charge is 0.307 e. The summed E-state index contributed by atoms with van der Waals surface area (Å²) < 4.78 is 4.97. The third kappa shape index (κ3) is 5.78. The lowest BCUT2D eigenvalue weighted by Gasteiger charge is -2.10. The molecular formula is C19H25NO3S. The molecule has 0 fully saturated rings. The number of ether oxygens (including phenoxy) is 1. The number of aryl methyl sites for hydroxylation is 1. The van der Waals surface area contributed by atoms with E-state index in [0.717, 1.165) is 19.3 Å². The van der Waals surface area contributed by atoms with Gasteiger partial charge in [-0.3, -0.25) is 14.6 Å². The molecule has 2 rings (SSSR count). The van der Waals surface area contributed by atoms with Crippen LogP contribution >= 0.6 is 11.8 Å². The maximum Gasteiger partial charge on any atom is 0.307 e. The third-order valence-corrected chi connectivity index (χ3v) is 5.25. The van der Waals surface area contributed by atoms with Crippen LogP contribution in [0.3, 0.4) is 0 Å². The van der Waals surface area contributed by atoms with Crippen LogP contribution in [0.5, 0.6) is 0 Å². The molecule has 1 aliphatic heterocycles. The second kappa shape index (κ2) is 9.62. The minimum absolute atomic E-state index is 0.103. The number of carbonyl (C=O) groups excluding carboxylic acids is 2. The molecule has 0 saturated heterocycles. The van der Waals surface area contributed by atoms with E-state index in [1.54, 1.807) is 6.92 Å². The summed E-state index contributed by atoms with van der Waals surface area (Å²) in [6.07, 6.45) is 3.64. The Kier molecular flexibility index (Phi) is 7.50. The number of nitrogens with zero attached hydrogens (tertiary/aromatic N) is 1. The first-order chi connectivity index (χ1) is 11.6. The number of Topliss-reactive ketones (excluding diaryl/α,β-unsaturated/α-hetero) is 1. The minimum Gasteiger partial charge on any atom is -0.466 e. The fourth-order valence-corrected chi connectivity index (χ4v) is 3.74. The first kappa shape index (κ1) is 18.7. The number of rotatable bonds is 9. The van der Waals surface area contributed by atoms with Crippen molar-refractivity contribution in [2.75, 3.05) is 6.61 Å². The number of aliphatic imine (C=N–C) groups is 1. The van der Waals surface area contributed by atoms with Gasteiger partial charge in [0, 0.05) is 11.7 Å². The van der Waals surface area contributed by atoms with Crippen molar-refractivity contribution in [3.8, 4) is 0 Å². The van der Waals surface area contributed by atoms with Gasteiger partial charge in [-0.2, -0.15) is 0 Å². The van der Waals surface area contributed by atoms with Gasteiger partial charge in [-0.25, -0.2) is 0 Å². The monoisotopic (exact) mass is 347 g/mol. The first-order valence-electron chi connectivity index (χ1n) is 8.57. The van der Waals surface area contributed by atoms with Crippen molar-refractivity contribution in [3.05, 3.63) is 35.9 Å². The highest BCUT2D eigenvalue weighted by atomic mass is 32.2. The van der Waals surface area contributed by atoms with Gasteiger partial charge < -0.3 is 4.74 Å². The summed E-state index contributed by atoms with van der Waals surface area (Å²) in [5, 5.41) is 0.731. The number of benzene rings is 1. The Morgan fingerprint density at radius 1 is 1.21 bits per heavy atom. The fourth-order valence-electron chi connectivity index (χ4n) is 2.65. The highest BCUT2D eigenvalue weighted by Gasteiger charge is 2.31. The van der Waals surface area contributed by atoms with E-state index in [4.69, 9.17) is 4.74 Å². The van der Waals surface area contributed by atoms with Crippen molar-refractivity contribution >= 4 is 28.6 Å². The van der Waals surface area contributed by atoms with E-state index in [1.807, 2.05) is 25.1 Å². The van der Waals surface area contributed by atoms with Crippen LogP contribution in [-0.2, 0) is 20.7 Å². The van der Waals surface area contributed by atoms with Gasteiger partial charge in [-0.05, 0) is 31.7 Å². The second-order valence-electron chi connectivity index (χ2n) is 5.95. The standard InChI is InChI=1S/C19H25NO3S/c1-3-23-18(22)13-16-14(2)24-19(20-16)17(21)12-8-7-11-15-9-5-4-6-10-15/h4-6,9-10,14,16H,3,7-8,11-13H2,1-2H3. The predicted molar refractivity (Wildman–Crippen MR) is 98.5 cm³/mol. The number of unbranched alkanes of at least 4 members (excludes halogenated alkanes) is 1. The van der Waals surface area contributed by atoms with Gasteiger partial charge >= 0.3 is 5.97 Å². The molecule has 0 saturated carbocycles. The van der Waals surface area contributed by atoms with Crippen molar-refractivity contribution in [1.82, 2.24) is 0 Å². The molecule has 4 nitrogen and oxygen atoms in total. The Labute approximate surface area is 148 Å². The molecule has 5 heteroatoms. The Hall–Kier alpha value is -1.62. The molecule has 130 valence electrons. The van der Waals surface area contributed by atoms with Crippen molar-refractivity contribution < 1.29 is 14.3 Å². The third-order valence-electron chi connectivity index (χ3n) is 4.00. The number of esters is 1. The van der Waals surface area contributed by atoms with Crippen LogP contribution in [0.15, 0.2) is 35.3 Å². The van der Waals surface area contributed by atoms with Crippen LogP contribution in [0.2, 0.25) is 0 Å². The van der Waals surface area contributed by atoms with E-state index < -0.39 is 0 Å². The van der Waals surface area contributed by atoms with E-state index in [-0.39, 0.29) is 29.5 Å². The summed E-state index contributed by atoms with van der Waals surface area (Å²) in [6, 6.07) is 10.2. The fraction of sp³-hybridized carbons (Fsp3) is 0.526. The van der Waals surface area contributed by atoms with Gasteiger partial charge in [-0.15, -0.1) is 0 Å². The number of ketones is 1. The van der Waals surface area contributed by atoms with Crippen molar-refractivity contribution in [3.63, 3.8) is 0 Å². The van der Waals surface area contributed by atoms with Crippen LogP contribution in [-0.4, -0.2) is 34.7 Å². The van der Waals surface area contributed by atoms with Gasteiger partial charge in [-0.1, -0.05) is 49.0 Å². The maximum absolute atomic E-state index is 12.3. The summed E-state index contributed by atoms with van der Waals surface area (Å²) in [4.78, 5) is 28.3. The molecular weight excluding hydrogens is 322 g/mol. The number of hydrogen-bond acceptors (Lipinski definition) is 5. The lowest BCUT2D eigenvalue weighted by atomic mass is 10.1. The Morgan fingerprint density at radius 3 is 2.67 bits per heavy atom. The molecule has 0 radical (unpaired) electrons. The molecule has 1 aromatic carbocycles. The average Bonchev–Trinajstić information content (AvgIpc) is 2.93. The molecule has 24 heavy (non-hydrogen) atoms. The minimum atomic E-state index is -0.240. The lowest BCUT2D eigenvalue weighted by molar-refractivity contribution is -0.143. The molecule has 0 bridgehead atoms. The van der Waals surface area contributed by atoms with Gasteiger partial charge in [0.05, 0.1) is 19.1 Å². The van der Waals surface area contributed by atoms with Crippen molar-refractivity contribution in [2.24, 2.45) is 4.99 Å². The number of hydrogen-bond donors (Lipinski definition) is 0. The van der Waals surface area contributed by atoms with Crippen LogP contribution in [0.4, 0.5) is 0 Å². The SMILES string of the molecule is CCOC(=O)CC1N=C(C(=O)CCCCc2ccccc2)SC1C. The van der Waals surface area contributed by atoms with Gasteiger partial charge in [0.15, 0.2) is 5.78 Å². The summed E-state index contributed by atoms with van der Waals surface area (Å²) >= 11 is 1.49. The molecule has 2 atom stereocenters. The molecule has 0 spiro atoms. The summed E-state index contributed by atoms with van der Waals surface area (Å²) in [5.41, 5.74) is 1.31. The lowest BCUT2D eigenvalue weighted by Crippen LogP contribution is -2.19. The molecule has 1 heterocycles. The van der Waals surface area contributed by atoms with Gasteiger partial charge in [0.1, 0.15) is 5.04 Å². The Balaban J connectivity index is 1.74. The van der Waals surface area contributed by atoms with Crippen LogP contribution in [0.25, 0.3) is 0 Å². The van der Waals surface area contributed by atoms with Crippen molar-refractivity contribution in [1.29, 1.82) is 0 Å². The quantitative estimate of drug-likeness (QED) is 0.503. The Bertz CT molecular complexity index is 586. The normalized spacial score (nSPS) is 19.8. The van der Waals surface area contributed by atoms with Crippen molar-refractivity contribution in [2.45, 2.75) is 57.2 Å². The Morgan fingerprint density at radius 2 is 1.96 bits per heavy atom. The van der Waals surface area contributed by atoms with E-state index in [2.05, 4.69) is 17.1 Å². The number of carbonyl (C=O) groups is 2. The topological polar surface area (TPSA) is 55.7 Å². The zero-order valence-corrected chi connectivity index (χ0v) is 15.2. The molecule has 1 aliphatic rings. The molecule has 0 N–H and O–H groups in total. The van der Waals surface area contributed by atoms with E-state index in [0.29, 0.717) is 18.1 Å². The highest BCUT2D eigenvalue weighted by Crippen LogP contribution is 2.30. The average molecular weight is 347 g/mol.